The van der Waals surface area contributed by atoms with Crippen LogP contribution < -0.4 is 5.32 Å². The van der Waals surface area contributed by atoms with Crippen LogP contribution in [0.2, 0.25) is 0 Å². The highest BCUT2D eigenvalue weighted by atomic mass is 32.2. The average Bonchev–Trinajstić information content (AvgIpc) is 2.40. The summed E-state index contributed by atoms with van der Waals surface area (Å²) < 4.78 is 0. The Balaban J connectivity index is 1.80. The predicted octanol–water partition coefficient (Wildman–Crippen LogP) is 3.40. The molecule has 0 spiro atoms. The monoisotopic (exact) mass is 263 g/mol. The Hall–Kier alpha value is -0.960. The fraction of sp³-hybridized carbons (Fsp3) is 0.533. The van der Waals surface area contributed by atoms with Crippen LogP contribution in [0.1, 0.15) is 37.8 Å². The van der Waals surface area contributed by atoms with E-state index in [0.717, 1.165) is 5.75 Å². The predicted molar refractivity (Wildman–Crippen MR) is 77.7 cm³/mol. The van der Waals surface area contributed by atoms with Crippen molar-refractivity contribution < 1.29 is 4.79 Å². The minimum absolute atomic E-state index is 0.106. The molecule has 0 bridgehead atoms. The van der Waals surface area contributed by atoms with Gasteiger partial charge in [0.2, 0.25) is 5.91 Å². The van der Waals surface area contributed by atoms with Crippen LogP contribution in [0.5, 0.6) is 0 Å². The second-order valence-corrected chi connectivity index (χ2v) is 6.14. The molecule has 1 aliphatic heterocycles. The molecule has 2 unspecified atom stereocenters. The lowest BCUT2D eigenvalue weighted by Crippen LogP contribution is -2.29. The van der Waals surface area contributed by atoms with Gasteiger partial charge in [0.1, 0.15) is 0 Å². The van der Waals surface area contributed by atoms with Crippen molar-refractivity contribution in [3.8, 4) is 0 Å². The number of rotatable bonds is 4. The second kappa shape index (κ2) is 6.83. The van der Waals surface area contributed by atoms with E-state index < -0.39 is 0 Å². The fourth-order valence-corrected chi connectivity index (χ4v) is 3.51. The van der Waals surface area contributed by atoms with Gasteiger partial charge in [-0.05, 0) is 42.8 Å². The molecule has 1 aromatic rings. The molecule has 1 aromatic carbocycles. The highest BCUT2D eigenvalue weighted by molar-refractivity contribution is 7.99. The molecule has 1 aliphatic rings. The number of carbonyl (C=O) groups is 1. The van der Waals surface area contributed by atoms with Gasteiger partial charge in [-0.2, -0.15) is 11.8 Å². The summed E-state index contributed by atoms with van der Waals surface area (Å²) in [7, 11) is 0. The van der Waals surface area contributed by atoms with Gasteiger partial charge in [-0.25, -0.2) is 0 Å². The topological polar surface area (TPSA) is 29.1 Å². The molecule has 1 amide bonds. The largest absolute Gasteiger partial charge is 0.350 e. The summed E-state index contributed by atoms with van der Waals surface area (Å²) in [6.07, 6.45) is 3.15. The number of amides is 1. The lowest BCUT2D eigenvalue weighted by molar-refractivity contribution is -0.122. The van der Waals surface area contributed by atoms with Crippen molar-refractivity contribution in [2.24, 2.45) is 5.92 Å². The van der Waals surface area contributed by atoms with Crippen LogP contribution in [0, 0.1) is 5.92 Å². The van der Waals surface area contributed by atoms with Gasteiger partial charge >= 0.3 is 0 Å². The molecule has 0 aromatic heterocycles. The van der Waals surface area contributed by atoms with E-state index in [4.69, 9.17) is 0 Å². The summed E-state index contributed by atoms with van der Waals surface area (Å²) in [5, 5.41) is 3.10. The van der Waals surface area contributed by atoms with Crippen molar-refractivity contribution in [3.63, 3.8) is 0 Å². The third-order valence-electron chi connectivity index (χ3n) is 3.41. The molecule has 0 radical (unpaired) electrons. The van der Waals surface area contributed by atoms with E-state index in [2.05, 4.69) is 17.4 Å². The summed E-state index contributed by atoms with van der Waals surface area (Å²) >= 11 is 1.98. The second-order valence-electron chi connectivity index (χ2n) is 4.99. The third-order valence-corrected chi connectivity index (χ3v) is 4.69. The molecule has 0 aliphatic carbocycles. The Morgan fingerprint density at radius 2 is 2.22 bits per heavy atom. The molecule has 98 valence electrons. The Morgan fingerprint density at radius 3 is 2.89 bits per heavy atom. The molecule has 1 saturated heterocycles. The molecule has 2 nitrogen and oxygen atoms in total. The molecule has 3 heteroatoms. The van der Waals surface area contributed by atoms with Crippen LogP contribution in [0.15, 0.2) is 30.3 Å². The number of thioether (sulfide) groups is 1. The maximum Gasteiger partial charge on any atom is 0.220 e. The number of nitrogens with one attached hydrogen (secondary N) is 1. The first-order chi connectivity index (χ1) is 8.75. The number of hydrogen-bond acceptors (Lipinski definition) is 2. The summed E-state index contributed by atoms with van der Waals surface area (Å²) in [5.74, 6) is 3.18. The van der Waals surface area contributed by atoms with E-state index in [9.17, 15) is 4.79 Å². The first-order valence-electron chi connectivity index (χ1n) is 6.68. The molecule has 18 heavy (non-hydrogen) atoms. The molecule has 2 atom stereocenters. The van der Waals surface area contributed by atoms with Crippen LogP contribution >= 0.6 is 11.8 Å². The lowest BCUT2D eigenvalue weighted by atomic mass is 10.0. The normalized spacial score (nSPS) is 21.3. The zero-order valence-electron chi connectivity index (χ0n) is 10.9. The molecule has 1 fully saturated rings. The average molecular weight is 263 g/mol. The fourth-order valence-electron chi connectivity index (χ4n) is 2.36. The third kappa shape index (κ3) is 4.05. The number of benzene rings is 1. The summed E-state index contributed by atoms with van der Waals surface area (Å²) in [6, 6.07) is 10.2. The van der Waals surface area contributed by atoms with Gasteiger partial charge in [-0.3, -0.25) is 4.79 Å². The van der Waals surface area contributed by atoms with E-state index in [1.807, 2.05) is 36.9 Å². The van der Waals surface area contributed by atoms with Crippen LogP contribution in [-0.2, 0) is 4.79 Å². The van der Waals surface area contributed by atoms with Gasteiger partial charge in [0.15, 0.2) is 0 Å². The van der Waals surface area contributed by atoms with Crippen LogP contribution in [0.4, 0.5) is 0 Å². The van der Waals surface area contributed by atoms with Gasteiger partial charge < -0.3 is 5.32 Å². The van der Waals surface area contributed by atoms with Crippen LogP contribution in [-0.4, -0.2) is 17.4 Å². The van der Waals surface area contributed by atoms with Crippen molar-refractivity contribution in [2.45, 2.75) is 32.2 Å². The molecule has 0 saturated carbocycles. The van der Waals surface area contributed by atoms with Gasteiger partial charge in [0, 0.05) is 6.42 Å². The summed E-state index contributed by atoms with van der Waals surface area (Å²) in [5.41, 5.74) is 1.17. The van der Waals surface area contributed by atoms with Crippen molar-refractivity contribution in [1.82, 2.24) is 5.32 Å². The Bertz CT molecular complexity index is 373. The smallest absolute Gasteiger partial charge is 0.220 e. The Kier molecular flexibility index (Phi) is 5.12. The van der Waals surface area contributed by atoms with Crippen LogP contribution in [0.25, 0.3) is 0 Å². The van der Waals surface area contributed by atoms with Crippen molar-refractivity contribution in [3.05, 3.63) is 35.9 Å². The molecule has 1 N–H and O–H groups in total. The van der Waals surface area contributed by atoms with Crippen molar-refractivity contribution >= 4 is 17.7 Å². The van der Waals surface area contributed by atoms with Gasteiger partial charge in [-0.1, -0.05) is 30.3 Å². The Morgan fingerprint density at radius 1 is 1.44 bits per heavy atom. The minimum atomic E-state index is 0.106. The van der Waals surface area contributed by atoms with Gasteiger partial charge in [0.25, 0.3) is 0 Å². The minimum Gasteiger partial charge on any atom is -0.350 e. The van der Waals surface area contributed by atoms with Crippen molar-refractivity contribution in [2.75, 3.05) is 11.5 Å². The van der Waals surface area contributed by atoms with Gasteiger partial charge in [-0.15, -0.1) is 0 Å². The first-order valence-corrected chi connectivity index (χ1v) is 7.83. The maximum atomic E-state index is 12.0. The number of carbonyl (C=O) groups excluding carboxylic acids is 1. The van der Waals surface area contributed by atoms with Crippen LogP contribution in [0.3, 0.4) is 0 Å². The lowest BCUT2D eigenvalue weighted by Gasteiger charge is -2.22. The van der Waals surface area contributed by atoms with Gasteiger partial charge in [0.05, 0.1) is 6.04 Å². The maximum absolute atomic E-state index is 12.0. The standard InChI is InChI=1S/C15H21NOS/c1-12(14-7-3-2-4-8-14)16-15(17)10-13-6-5-9-18-11-13/h2-4,7-8,12-13H,5-6,9-11H2,1H3,(H,16,17). The highest BCUT2D eigenvalue weighted by Gasteiger charge is 2.18. The quantitative estimate of drug-likeness (QED) is 0.902. The Labute approximate surface area is 114 Å². The number of hydrogen-bond donors (Lipinski definition) is 1. The first kappa shape index (κ1) is 13.5. The van der Waals surface area contributed by atoms with Crippen molar-refractivity contribution in [1.29, 1.82) is 0 Å². The van der Waals surface area contributed by atoms with E-state index in [1.165, 1.54) is 24.2 Å². The zero-order chi connectivity index (χ0) is 12.8. The highest BCUT2D eigenvalue weighted by Crippen LogP contribution is 2.25. The molecular weight excluding hydrogens is 242 g/mol. The summed E-state index contributed by atoms with van der Waals surface area (Å²) in [6.45, 7) is 2.04. The van der Waals surface area contributed by atoms with E-state index in [-0.39, 0.29) is 11.9 Å². The molecule has 2 rings (SSSR count). The molecular formula is C15H21NOS. The van der Waals surface area contributed by atoms with E-state index in [1.54, 1.807) is 0 Å². The molecule has 1 heterocycles. The zero-order valence-corrected chi connectivity index (χ0v) is 11.7. The van der Waals surface area contributed by atoms with E-state index in [0.29, 0.717) is 12.3 Å². The SMILES string of the molecule is CC(NC(=O)CC1CCCSC1)c1ccccc1. The summed E-state index contributed by atoms with van der Waals surface area (Å²) in [4.78, 5) is 12.0. The van der Waals surface area contributed by atoms with E-state index >= 15 is 0 Å².